The molecule has 0 radical (unpaired) electrons. The summed E-state index contributed by atoms with van der Waals surface area (Å²) in [5.74, 6) is 0.0665. The topological polar surface area (TPSA) is 37.3 Å². The van der Waals surface area contributed by atoms with Gasteiger partial charge in [0.05, 0.1) is 0 Å². The number of hydrogen-bond donors (Lipinski definition) is 1. The maximum absolute atomic E-state index is 10.9. The normalized spacial score (nSPS) is 12.4. The molecule has 0 aliphatic carbocycles. The SMILES string of the molecule is CCCCC(C=O)c1ccccc1O. The number of carbonyl (C=O) groups excluding carboxylic acids is 1. The van der Waals surface area contributed by atoms with Crippen molar-refractivity contribution in [2.24, 2.45) is 0 Å². The largest absolute Gasteiger partial charge is 0.508 e. The first kappa shape index (κ1) is 10.8. The molecule has 1 aromatic carbocycles. The lowest BCUT2D eigenvalue weighted by Crippen LogP contribution is -2.00. The van der Waals surface area contributed by atoms with Crippen LogP contribution in [0.25, 0.3) is 0 Å². The van der Waals surface area contributed by atoms with Gasteiger partial charge < -0.3 is 9.90 Å². The zero-order valence-electron chi connectivity index (χ0n) is 8.44. The molecule has 0 aromatic heterocycles. The van der Waals surface area contributed by atoms with E-state index in [-0.39, 0.29) is 11.7 Å². The molecule has 0 fully saturated rings. The van der Waals surface area contributed by atoms with E-state index in [1.165, 1.54) is 0 Å². The Morgan fingerprint density at radius 3 is 2.71 bits per heavy atom. The van der Waals surface area contributed by atoms with Gasteiger partial charge in [-0.2, -0.15) is 0 Å². The summed E-state index contributed by atoms with van der Waals surface area (Å²) in [7, 11) is 0. The molecule has 0 spiro atoms. The number of unbranched alkanes of at least 4 members (excludes halogenated alkanes) is 1. The molecule has 0 bridgehead atoms. The number of hydrogen-bond acceptors (Lipinski definition) is 2. The van der Waals surface area contributed by atoms with E-state index >= 15 is 0 Å². The molecule has 0 saturated carbocycles. The second-order valence-corrected chi connectivity index (χ2v) is 3.44. The minimum absolute atomic E-state index is 0.156. The molecule has 0 aliphatic rings. The summed E-state index contributed by atoms with van der Waals surface area (Å²) in [6, 6.07) is 7.04. The summed E-state index contributed by atoms with van der Waals surface area (Å²) >= 11 is 0. The highest BCUT2D eigenvalue weighted by molar-refractivity contribution is 5.64. The van der Waals surface area contributed by atoms with Crippen LogP contribution < -0.4 is 0 Å². The number of para-hydroxylation sites is 1. The van der Waals surface area contributed by atoms with Crippen molar-refractivity contribution in [3.8, 4) is 5.75 Å². The first-order valence-electron chi connectivity index (χ1n) is 5.02. The van der Waals surface area contributed by atoms with Gasteiger partial charge in [-0.25, -0.2) is 0 Å². The average Bonchev–Trinajstić information content (AvgIpc) is 2.21. The van der Waals surface area contributed by atoms with Crippen molar-refractivity contribution in [2.75, 3.05) is 0 Å². The fraction of sp³-hybridized carbons (Fsp3) is 0.417. The van der Waals surface area contributed by atoms with Crippen LogP contribution in [-0.2, 0) is 4.79 Å². The second-order valence-electron chi connectivity index (χ2n) is 3.44. The van der Waals surface area contributed by atoms with Crippen molar-refractivity contribution in [3.63, 3.8) is 0 Å². The molecule has 1 rings (SSSR count). The predicted molar refractivity (Wildman–Crippen MR) is 56.4 cm³/mol. The Kier molecular flexibility index (Phi) is 4.17. The van der Waals surface area contributed by atoms with E-state index in [1.807, 2.05) is 12.1 Å². The Labute approximate surface area is 84.6 Å². The van der Waals surface area contributed by atoms with Gasteiger partial charge in [0.15, 0.2) is 0 Å². The molecule has 0 heterocycles. The fourth-order valence-electron chi connectivity index (χ4n) is 1.52. The molecule has 0 aliphatic heterocycles. The van der Waals surface area contributed by atoms with Crippen LogP contribution in [0.1, 0.15) is 37.7 Å². The summed E-state index contributed by atoms with van der Waals surface area (Å²) in [6.07, 6.45) is 3.82. The van der Waals surface area contributed by atoms with Crippen LogP contribution in [0.2, 0.25) is 0 Å². The van der Waals surface area contributed by atoms with Gasteiger partial charge in [-0.3, -0.25) is 0 Å². The minimum Gasteiger partial charge on any atom is -0.508 e. The zero-order chi connectivity index (χ0) is 10.4. The van der Waals surface area contributed by atoms with Crippen molar-refractivity contribution in [1.29, 1.82) is 0 Å². The third-order valence-corrected chi connectivity index (χ3v) is 2.37. The number of aldehydes is 1. The molecule has 1 aromatic rings. The number of phenolic OH excluding ortho intramolecular Hbond substituents is 1. The fourth-order valence-corrected chi connectivity index (χ4v) is 1.52. The predicted octanol–water partition coefficient (Wildman–Crippen LogP) is 2.86. The first-order valence-corrected chi connectivity index (χ1v) is 5.02. The molecule has 0 saturated heterocycles. The van der Waals surface area contributed by atoms with Gasteiger partial charge in [0.1, 0.15) is 12.0 Å². The molecule has 14 heavy (non-hydrogen) atoms. The molecule has 1 atom stereocenters. The van der Waals surface area contributed by atoms with Gasteiger partial charge in [0.25, 0.3) is 0 Å². The lowest BCUT2D eigenvalue weighted by molar-refractivity contribution is -0.109. The Hall–Kier alpha value is -1.31. The second kappa shape index (κ2) is 5.43. The van der Waals surface area contributed by atoms with Crippen molar-refractivity contribution in [3.05, 3.63) is 29.8 Å². The maximum atomic E-state index is 10.9. The van der Waals surface area contributed by atoms with Crippen LogP contribution in [0, 0.1) is 0 Å². The van der Waals surface area contributed by atoms with E-state index < -0.39 is 0 Å². The smallest absolute Gasteiger partial charge is 0.127 e. The summed E-state index contributed by atoms with van der Waals surface area (Å²) in [5, 5.41) is 9.55. The highest BCUT2D eigenvalue weighted by Crippen LogP contribution is 2.27. The van der Waals surface area contributed by atoms with Crippen LogP contribution in [0.15, 0.2) is 24.3 Å². The van der Waals surface area contributed by atoms with Crippen LogP contribution in [-0.4, -0.2) is 11.4 Å². The number of rotatable bonds is 5. The van der Waals surface area contributed by atoms with Crippen LogP contribution >= 0.6 is 0 Å². The summed E-state index contributed by atoms with van der Waals surface area (Å²) in [5.41, 5.74) is 0.746. The van der Waals surface area contributed by atoms with Crippen molar-refractivity contribution in [1.82, 2.24) is 0 Å². The molecule has 0 amide bonds. The molecular formula is C12H16O2. The van der Waals surface area contributed by atoms with Gasteiger partial charge in [0, 0.05) is 11.5 Å². The van der Waals surface area contributed by atoms with Gasteiger partial charge in [0.2, 0.25) is 0 Å². The monoisotopic (exact) mass is 192 g/mol. The lowest BCUT2D eigenvalue weighted by Gasteiger charge is -2.11. The van der Waals surface area contributed by atoms with Crippen molar-refractivity contribution >= 4 is 6.29 Å². The van der Waals surface area contributed by atoms with Crippen LogP contribution in [0.5, 0.6) is 5.75 Å². The summed E-state index contributed by atoms with van der Waals surface area (Å²) < 4.78 is 0. The average molecular weight is 192 g/mol. The first-order chi connectivity index (χ1) is 6.79. The molecule has 2 heteroatoms. The van der Waals surface area contributed by atoms with E-state index in [0.29, 0.717) is 0 Å². The van der Waals surface area contributed by atoms with E-state index in [2.05, 4.69) is 6.92 Å². The van der Waals surface area contributed by atoms with E-state index in [0.717, 1.165) is 31.1 Å². The highest BCUT2D eigenvalue weighted by Gasteiger charge is 2.12. The Bertz CT molecular complexity index is 294. The Morgan fingerprint density at radius 1 is 1.43 bits per heavy atom. The molecule has 2 nitrogen and oxygen atoms in total. The third-order valence-electron chi connectivity index (χ3n) is 2.37. The van der Waals surface area contributed by atoms with Crippen molar-refractivity contribution < 1.29 is 9.90 Å². The third kappa shape index (κ3) is 2.59. The highest BCUT2D eigenvalue weighted by atomic mass is 16.3. The van der Waals surface area contributed by atoms with Gasteiger partial charge >= 0.3 is 0 Å². The lowest BCUT2D eigenvalue weighted by atomic mass is 9.94. The van der Waals surface area contributed by atoms with Crippen LogP contribution in [0.4, 0.5) is 0 Å². The van der Waals surface area contributed by atoms with Gasteiger partial charge in [-0.05, 0) is 12.5 Å². The van der Waals surface area contributed by atoms with Gasteiger partial charge in [-0.1, -0.05) is 38.0 Å². The summed E-state index contributed by atoms with van der Waals surface area (Å²) in [6.45, 7) is 2.09. The Balaban J connectivity index is 2.78. The summed E-state index contributed by atoms with van der Waals surface area (Å²) in [4.78, 5) is 10.9. The van der Waals surface area contributed by atoms with E-state index in [4.69, 9.17) is 0 Å². The number of phenols is 1. The minimum atomic E-state index is -0.156. The number of carbonyl (C=O) groups is 1. The number of benzene rings is 1. The zero-order valence-corrected chi connectivity index (χ0v) is 8.44. The molecule has 1 unspecified atom stereocenters. The molecular weight excluding hydrogens is 176 g/mol. The molecule has 76 valence electrons. The number of aromatic hydroxyl groups is 1. The quantitative estimate of drug-likeness (QED) is 0.728. The van der Waals surface area contributed by atoms with E-state index in [9.17, 15) is 9.90 Å². The van der Waals surface area contributed by atoms with Gasteiger partial charge in [-0.15, -0.1) is 0 Å². The van der Waals surface area contributed by atoms with E-state index in [1.54, 1.807) is 12.1 Å². The maximum Gasteiger partial charge on any atom is 0.127 e. The van der Waals surface area contributed by atoms with Crippen molar-refractivity contribution in [2.45, 2.75) is 32.1 Å². The Morgan fingerprint density at radius 2 is 2.14 bits per heavy atom. The van der Waals surface area contributed by atoms with Crippen LogP contribution in [0.3, 0.4) is 0 Å². The molecule has 1 N–H and O–H groups in total. The standard InChI is InChI=1S/C12H16O2/c1-2-3-6-10(9-13)11-7-4-5-8-12(11)14/h4-5,7-10,14H,2-3,6H2,1H3.